The minimum atomic E-state index is 0.0477. The number of aromatic nitrogens is 2. The maximum atomic E-state index is 4.32. The van der Waals surface area contributed by atoms with E-state index in [2.05, 4.69) is 52.5 Å². The first-order chi connectivity index (χ1) is 8.52. The van der Waals surface area contributed by atoms with Crippen LogP contribution in [0.15, 0.2) is 16.8 Å². The Morgan fingerprint density at radius 3 is 2.72 bits per heavy atom. The lowest BCUT2D eigenvalue weighted by atomic mass is 9.89. The summed E-state index contributed by atoms with van der Waals surface area (Å²) in [5.41, 5.74) is 2.53. The van der Waals surface area contributed by atoms with Crippen LogP contribution in [-0.4, -0.2) is 16.6 Å². The van der Waals surface area contributed by atoms with E-state index in [1.807, 2.05) is 7.05 Å². The van der Waals surface area contributed by atoms with Crippen LogP contribution in [-0.2, 0) is 11.8 Å². The number of nitrogens with one attached hydrogen (secondary N) is 1. The topological polar surface area (TPSA) is 37.8 Å². The largest absolute Gasteiger partial charge is 0.312 e. The number of rotatable bonds is 4. The molecule has 0 spiro atoms. The lowest BCUT2D eigenvalue weighted by Gasteiger charge is -2.21. The van der Waals surface area contributed by atoms with E-state index in [4.69, 9.17) is 0 Å². The molecule has 0 amide bonds. The van der Waals surface area contributed by atoms with Gasteiger partial charge in [0, 0.05) is 11.5 Å². The molecule has 3 nitrogen and oxygen atoms in total. The fourth-order valence-corrected chi connectivity index (χ4v) is 3.57. The summed E-state index contributed by atoms with van der Waals surface area (Å²) in [6, 6.07) is 2.48. The first kappa shape index (κ1) is 13.6. The van der Waals surface area contributed by atoms with Crippen molar-refractivity contribution in [1.82, 2.24) is 14.9 Å². The Morgan fingerprint density at radius 1 is 1.39 bits per heavy atom. The molecule has 0 fully saturated rings. The van der Waals surface area contributed by atoms with Crippen molar-refractivity contribution in [3.63, 3.8) is 0 Å². The molecule has 0 aliphatic carbocycles. The number of hydrogen-bond acceptors (Lipinski definition) is 5. The number of likely N-dealkylation sites (N-methyl/N-ethyl adjacent to an activating group) is 1. The second kappa shape index (κ2) is 5.47. The molecule has 2 aromatic rings. The molecule has 1 atom stereocenters. The van der Waals surface area contributed by atoms with Gasteiger partial charge in [-0.2, -0.15) is 11.3 Å². The van der Waals surface area contributed by atoms with Gasteiger partial charge in [0.05, 0.1) is 10.6 Å². The Bertz CT molecular complexity index is 483. The van der Waals surface area contributed by atoms with E-state index in [0.29, 0.717) is 6.04 Å². The van der Waals surface area contributed by atoms with Crippen LogP contribution < -0.4 is 5.32 Å². The van der Waals surface area contributed by atoms with Crippen LogP contribution in [0.25, 0.3) is 0 Å². The molecule has 0 aromatic carbocycles. The summed E-state index contributed by atoms with van der Waals surface area (Å²) in [7, 11) is 2.00. The van der Waals surface area contributed by atoms with Crippen molar-refractivity contribution < 1.29 is 0 Å². The quantitative estimate of drug-likeness (QED) is 0.933. The van der Waals surface area contributed by atoms with Crippen LogP contribution in [0.1, 0.15) is 42.9 Å². The predicted molar refractivity (Wildman–Crippen MR) is 78.4 cm³/mol. The molecule has 1 N–H and O–H groups in total. The monoisotopic (exact) mass is 281 g/mol. The first-order valence-corrected chi connectivity index (χ1v) is 7.75. The molecule has 0 aliphatic heterocycles. The van der Waals surface area contributed by atoms with Crippen molar-refractivity contribution >= 4 is 22.9 Å². The minimum Gasteiger partial charge on any atom is -0.312 e. The van der Waals surface area contributed by atoms with Gasteiger partial charge in [-0.3, -0.25) is 0 Å². The van der Waals surface area contributed by atoms with E-state index in [1.54, 1.807) is 11.3 Å². The van der Waals surface area contributed by atoms with E-state index in [0.717, 1.165) is 12.1 Å². The highest BCUT2D eigenvalue weighted by atomic mass is 32.1. The molecular weight excluding hydrogens is 262 g/mol. The number of thiophene rings is 1. The van der Waals surface area contributed by atoms with Crippen LogP contribution >= 0.6 is 22.9 Å². The highest BCUT2D eigenvalue weighted by molar-refractivity contribution is 7.08. The summed E-state index contributed by atoms with van der Waals surface area (Å²) in [6.07, 6.45) is 0.993. The van der Waals surface area contributed by atoms with Gasteiger partial charge in [0.2, 0.25) is 0 Å². The van der Waals surface area contributed by atoms with Crippen molar-refractivity contribution in [2.75, 3.05) is 7.05 Å². The second-order valence-corrected chi connectivity index (χ2v) is 6.98. The van der Waals surface area contributed by atoms with Crippen LogP contribution in [0.4, 0.5) is 0 Å². The predicted octanol–water partition coefficient (Wildman–Crippen LogP) is 3.40. The van der Waals surface area contributed by atoms with Gasteiger partial charge in [0.15, 0.2) is 0 Å². The summed E-state index contributed by atoms with van der Waals surface area (Å²) < 4.78 is 4.14. The minimum absolute atomic E-state index is 0.0477. The van der Waals surface area contributed by atoms with Gasteiger partial charge in [-0.1, -0.05) is 25.3 Å². The maximum absolute atomic E-state index is 4.32. The van der Waals surface area contributed by atoms with Crippen molar-refractivity contribution in [2.45, 2.75) is 38.6 Å². The zero-order valence-electron chi connectivity index (χ0n) is 11.2. The Kier molecular flexibility index (Phi) is 4.14. The first-order valence-electron chi connectivity index (χ1n) is 6.03. The smallest absolute Gasteiger partial charge is 0.0857 e. The van der Waals surface area contributed by atoms with E-state index in [1.165, 1.54) is 22.0 Å². The highest BCUT2D eigenvalue weighted by Gasteiger charge is 2.26. The van der Waals surface area contributed by atoms with Gasteiger partial charge in [0.1, 0.15) is 0 Å². The molecule has 18 heavy (non-hydrogen) atoms. The highest BCUT2D eigenvalue weighted by Crippen LogP contribution is 2.32. The third-order valence-electron chi connectivity index (χ3n) is 2.91. The summed E-state index contributed by atoms with van der Waals surface area (Å²) in [4.78, 5) is 1.26. The second-order valence-electron chi connectivity index (χ2n) is 5.41. The summed E-state index contributed by atoms with van der Waals surface area (Å²) in [5.74, 6) is 0. The standard InChI is InChI=1S/C13H19N3S2/c1-13(2,3)12-11(18-16-15-12)10(14-4)7-9-5-6-17-8-9/h5-6,8,10,14H,7H2,1-4H3. The Balaban J connectivity index is 2.25. The third kappa shape index (κ3) is 2.96. The molecule has 2 heterocycles. The molecule has 0 radical (unpaired) electrons. The normalized spacial score (nSPS) is 13.8. The lowest BCUT2D eigenvalue weighted by Crippen LogP contribution is -2.23. The number of nitrogens with zero attached hydrogens (tertiary/aromatic N) is 2. The molecule has 0 saturated heterocycles. The van der Waals surface area contributed by atoms with Crippen molar-refractivity contribution in [1.29, 1.82) is 0 Å². The van der Waals surface area contributed by atoms with Gasteiger partial charge in [-0.05, 0) is 47.4 Å². The average Bonchev–Trinajstić information content (AvgIpc) is 2.95. The van der Waals surface area contributed by atoms with Crippen molar-refractivity contribution in [3.05, 3.63) is 33.0 Å². The fourth-order valence-electron chi connectivity index (χ4n) is 1.92. The Morgan fingerprint density at radius 2 is 2.17 bits per heavy atom. The van der Waals surface area contributed by atoms with E-state index >= 15 is 0 Å². The van der Waals surface area contributed by atoms with E-state index in [9.17, 15) is 0 Å². The lowest BCUT2D eigenvalue weighted by molar-refractivity contribution is 0.531. The molecule has 2 rings (SSSR count). The molecule has 5 heteroatoms. The fraction of sp³-hybridized carbons (Fsp3) is 0.538. The number of hydrogen-bond donors (Lipinski definition) is 1. The van der Waals surface area contributed by atoms with Crippen LogP contribution in [0.3, 0.4) is 0 Å². The zero-order chi connectivity index (χ0) is 13.2. The average molecular weight is 281 g/mol. The third-order valence-corrected chi connectivity index (χ3v) is 4.48. The van der Waals surface area contributed by atoms with Gasteiger partial charge >= 0.3 is 0 Å². The molecule has 0 saturated carbocycles. The van der Waals surface area contributed by atoms with E-state index in [-0.39, 0.29) is 5.41 Å². The van der Waals surface area contributed by atoms with Crippen LogP contribution in [0, 0.1) is 0 Å². The maximum Gasteiger partial charge on any atom is 0.0857 e. The van der Waals surface area contributed by atoms with Crippen LogP contribution in [0.2, 0.25) is 0 Å². The molecule has 2 aromatic heterocycles. The van der Waals surface area contributed by atoms with Gasteiger partial charge in [-0.25, -0.2) is 0 Å². The van der Waals surface area contributed by atoms with Gasteiger partial charge in [0.25, 0.3) is 0 Å². The Labute approximate surface area is 116 Å². The van der Waals surface area contributed by atoms with Crippen LogP contribution in [0.5, 0.6) is 0 Å². The summed E-state index contributed by atoms with van der Waals surface area (Å²) >= 11 is 3.25. The van der Waals surface area contributed by atoms with Crippen molar-refractivity contribution in [2.24, 2.45) is 0 Å². The molecule has 0 bridgehead atoms. The molecule has 0 aliphatic rings. The molecule has 98 valence electrons. The van der Waals surface area contributed by atoms with Gasteiger partial charge in [-0.15, -0.1) is 5.10 Å². The summed E-state index contributed by atoms with van der Waals surface area (Å²) in [6.45, 7) is 6.56. The van der Waals surface area contributed by atoms with E-state index < -0.39 is 0 Å². The summed E-state index contributed by atoms with van der Waals surface area (Å²) in [5, 5.41) is 12.0. The Hall–Kier alpha value is -0.780. The molecular formula is C13H19N3S2. The SMILES string of the molecule is CNC(Cc1ccsc1)c1snnc1C(C)(C)C. The van der Waals surface area contributed by atoms with Crippen molar-refractivity contribution in [3.8, 4) is 0 Å². The zero-order valence-corrected chi connectivity index (χ0v) is 12.9. The van der Waals surface area contributed by atoms with Gasteiger partial charge < -0.3 is 5.32 Å². The molecule has 1 unspecified atom stereocenters.